The average molecular weight is 427 g/mol. The molecule has 7 nitrogen and oxygen atoms in total. The van der Waals surface area contributed by atoms with E-state index in [1.807, 2.05) is 20.8 Å². The molecule has 7 heteroatoms. The molecule has 0 aromatic heterocycles. The summed E-state index contributed by atoms with van der Waals surface area (Å²) in [4.78, 5) is 38.0. The van der Waals surface area contributed by atoms with E-state index in [0.29, 0.717) is 13.1 Å². The van der Waals surface area contributed by atoms with Crippen molar-refractivity contribution >= 4 is 17.9 Å². The van der Waals surface area contributed by atoms with E-state index in [4.69, 9.17) is 9.84 Å². The largest absolute Gasteiger partial charge is 0.481 e. The Hall–Kier alpha value is -1.63. The molecule has 1 N–H and O–H groups in total. The molecule has 0 atom stereocenters. The van der Waals surface area contributed by atoms with Gasteiger partial charge in [0.1, 0.15) is 6.54 Å². The number of imide groups is 1. The van der Waals surface area contributed by atoms with Crippen molar-refractivity contribution in [2.45, 2.75) is 86.0 Å². The molecule has 0 unspecified atom stereocenters. The van der Waals surface area contributed by atoms with Gasteiger partial charge < -0.3 is 14.7 Å². The SMILES string of the molecule is CCN1CC(=O)N(CCC(C)(C)CCCCOCCCCC(C)(C)CC(=O)O)C1=O. The number of likely N-dealkylation sites (N-methyl/N-ethyl adjacent to an activating group) is 1. The number of carbonyl (C=O) groups excluding carboxylic acids is 2. The van der Waals surface area contributed by atoms with E-state index in [9.17, 15) is 14.4 Å². The second-order valence-electron chi connectivity index (χ2n) is 10.0. The van der Waals surface area contributed by atoms with Crippen molar-refractivity contribution in [3.63, 3.8) is 0 Å². The first-order valence-electron chi connectivity index (χ1n) is 11.4. The Morgan fingerprint density at radius 1 is 0.967 bits per heavy atom. The Kier molecular flexibility index (Phi) is 10.8. The highest BCUT2D eigenvalue weighted by molar-refractivity contribution is 6.01. The van der Waals surface area contributed by atoms with Crippen LogP contribution >= 0.6 is 0 Å². The van der Waals surface area contributed by atoms with Crippen LogP contribution < -0.4 is 0 Å². The lowest BCUT2D eigenvalue weighted by Crippen LogP contribution is -2.35. The predicted octanol–water partition coefficient (Wildman–Crippen LogP) is 4.54. The number of carboxylic acid groups (broad SMARTS) is 1. The highest BCUT2D eigenvalue weighted by Crippen LogP contribution is 2.29. The zero-order valence-electron chi connectivity index (χ0n) is 19.7. The summed E-state index contributed by atoms with van der Waals surface area (Å²) in [5, 5.41) is 8.90. The second-order valence-corrected chi connectivity index (χ2v) is 10.0. The van der Waals surface area contributed by atoms with Gasteiger partial charge in [-0.3, -0.25) is 14.5 Å². The number of hydrogen-bond acceptors (Lipinski definition) is 4. The molecule has 1 rings (SSSR count). The smallest absolute Gasteiger partial charge is 0.327 e. The maximum absolute atomic E-state index is 12.2. The number of amides is 3. The number of urea groups is 1. The summed E-state index contributed by atoms with van der Waals surface area (Å²) in [6.45, 7) is 13.0. The van der Waals surface area contributed by atoms with Gasteiger partial charge in [0, 0.05) is 26.3 Å². The summed E-state index contributed by atoms with van der Waals surface area (Å²) < 4.78 is 5.72. The maximum Gasteiger partial charge on any atom is 0.327 e. The molecule has 0 aromatic rings. The quantitative estimate of drug-likeness (QED) is 0.289. The summed E-state index contributed by atoms with van der Waals surface area (Å²) in [5.74, 6) is -0.821. The topological polar surface area (TPSA) is 87.2 Å². The van der Waals surface area contributed by atoms with Crippen LogP contribution in [0.1, 0.15) is 86.0 Å². The lowest BCUT2D eigenvalue weighted by molar-refractivity contribution is -0.139. The van der Waals surface area contributed by atoms with Gasteiger partial charge >= 0.3 is 12.0 Å². The van der Waals surface area contributed by atoms with E-state index in [2.05, 4.69) is 13.8 Å². The molecule has 1 saturated heterocycles. The van der Waals surface area contributed by atoms with Gasteiger partial charge in [-0.05, 0) is 49.9 Å². The number of rotatable bonds is 16. The predicted molar refractivity (Wildman–Crippen MR) is 117 cm³/mol. The van der Waals surface area contributed by atoms with E-state index in [0.717, 1.165) is 58.2 Å². The Balaban J connectivity index is 2.09. The Bertz CT molecular complexity index is 574. The average Bonchev–Trinajstić information content (AvgIpc) is 2.90. The first-order chi connectivity index (χ1) is 14.0. The third kappa shape index (κ3) is 9.92. The number of nitrogens with zero attached hydrogens (tertiary/aromatic N) is 2. The van der Waals surface area contributed by atoms with Gasteiger partial charge in [-0.15, -0.1) is 0 Å². The number of aliphatic carboxylic acids is 1. The Labute approximate surface area is 182 Å². The van der Waals surface area contributed by atoms with Crippen LogP contribution in [0, 0.1) is 10.8 Å². The fourth-order valence-electron chi connectivity index (χ4n) is 3.82. The first-order valence-corrected chi connectivity index (χ1v) is 11.4. The van der Waals surface area contributed by atoms with Crippen molar-refractivity contribution in [1.29, 1.82) is 0 Å². The van der Waals surface area contributed by atoms with E-state index >= 15 is 0 Å². The van der Waals surface area contributed by atoms with E-state index in [1.165, 1.54) is 4.90 Å². The van der Waals surface area contributed by atoms with Crippen molar-refractivity contribution in [3.05, 3.63) is 0 Å². The zero-order valence-corrected chi connectivity index (χ0v) is 19.7. The van der Waals surface area contributed by atoms with Crippen LogP contribution in [0.4, 0.5) is 4.79 Å². The van der Waals surface area contributed by atoms with Gasteiger partial charge in [-0.1, -0.05) is 40.5 Å². The van der Waals surface area contributed by atoms with Gasteiger partial charge in [-0.2, -0.15) is 0 Å². The summed E-state index contributed by atoms with van der Waals surface area (Å²) >= 11 is 0. The molecule has 0 aromatic carbocycles. The zero-order chi connectivity index (χ0) is 22.8. The fourth-order valence-corrected chi connectivity index (χ4v) is 3.82. The molecule has 1 heterocycles. The lowest BCUT2D eigenvalue weighted by atomic mass is 9.84. The maximum atomic E-state index is 12.2. The number of unbranched alkanes of at least 4 members (excludes halogenated alkanes) is 2. The van der Waals surface area contributed by atoms with E-state index < -0.39 is 5.97 Å². The molecule has 1 aliphatic heterocycles. The molecule has 0 aliphatic carbocycles. The third-order valence-corrected chi connectivity index (χ3v) is 5.94. The molecule has 30 heavy (non-hydrogen) atoms. The highest BCUT2D eigenvalue weighted by Gasteiger charge is 2.35. The first kappa shape index (κ1) is 26.4. The molecule has 0 saturated carbocycles. The normalized spacial score (nSPS) is 15.4. The minimum absolute atomic E-state index is 0.0793. The van der Waals surface area contributed by atoms with Gasteiger partial charge in [0.15, 0.2) is 0 Å². The highest BCUT2D eigenvalue weighted by atomic mass is 16.5. The number of ether oxygens (including phenoxy) is 1. The van der Waals surface area contributed by atoms with Crippen molar-refractivity contribution in [1.82, 2.24) is 9.80 Å². The lowest BCUT2D eigenvalue weighted by Gasteiger charge is -2.27. The van der Waals surface area contributed by atoms with Crippen LogP contribution in [-0.2, 0) is 14.3 Å². The van der Waals surface area contributed by atoms with Crippen LogP contribution in [0.15, 0.2) is 0 Å². The molecule has 174 valence electrons. The Morgan fingerprint density at radius 3 is 2.03 bits per heavy atom. The van der Waals surface area contributed by atoms with Gasteiger partial charge in [0.25, 0.3) is 0 Å². The second kappa shape index (κ2) is 12.3. The van der Waals surface area contributed by atoms with Crippen molar-refractivity contribution in [2.24, 2.45) is 10.8 Å². The van der Waals surface area contributed by atoms with Crippen molar-refractivity contribution in [2.75, 3.05) is 32.8 Å². The molecule has 1 aliphatic rings. The van der Waals surface area contributed by atoms with Gasteiger partial charge in [-0.25, -0.2) is 4.79 Å². The third-order valence-electron chi connectivity index (χ3n) is 5.94. The summed E-state index contributed by atoms with van der Waals surface area (Å²) in [5.41, 5.74) is -0.0769. The van der Waals surface area contributed by atoms with Crippen molar-refractivity contribution in [3.8, 4) is 0 Å². The number of carbonyl (C=O) groups is 3. The van der Waals surface area contributed by atoms with Crippen LogP contribution in [-0.4, -0.2) is 65.7 Å². The standard InChI is InChI=1S/C23H42N2O5/c1-6-24-18-19(26)25(21(24)29)14-13-22(2,3)11-7-9-15-30-16-10-8-12-23(4,5)17-20(27)28/h6-18H2,1-5H3,(H,27,28). The van der Waals surface area contributed by atoms with Gasteiger partial charge in [0.2, 0.25) is 5.91 Å². The molecular formula is C23H42N2O5. The van der Waals surface area contributed by atoms with Crippen LogP contribution in [0.3, 0.4) is 0 Å². The Morgan fingerprint density at radius 2 is 1.53 bits per heavy atom. The molecule has 3 amide bonds. The molecule has 1 fully saturated rings. The summed E-state index contributed by atoms with van der Waals surface area (Å²) in [7, 11) is 0. The fraction of sp³-hybridized carbons (Fsp3) is 0.870. The molecule has 0 bridgehead atoms. The van der Waals surface area contributed by atoms with Crippen LogP contribution in [0.2, 0.25) is 0 Å². The number of hydrogen-bond donors (Lipinski definition) is 1. The summed E-state index contributed by atoms with van der Waals surface area (Å²) in [6, 6.07) is -0.155. The van der Waals surface area contributed by atoms with Crippen LogP contribution in [0.5, 0.6) is 0 Å². The summed E-state index contributed by atoms with van der Waals surface area (Å²) in [6.07, 6.45) is 6.95. The molecule has 0 spiro atoms. The molecule has 0 radical (unpaired) electrons. The number of carboxylic acids is 1. The minimum Gasteiger partial charge on any atom is -0.481 e. The molecular weight excluding hydrogens is 384 g/mol. The van der Waals surface area contributed by atoms with Gasteiger partial charge in [0.05, 0.1) is 6.42 Å². The van der Waals surface area contributed by atoms with Crippen LogP contribution in [0.25, 0.3) is 0 Å². The monoisotopic (exact) mass is 426 g/mol. The minimum atomic E-state index is -0.735. The van der Waals surface area contributed by atoms with Crippen molar-refractivity contribution < 1.29 is 24.2 Å². The van der Waals surface area contributed by atoms with E-state index in [1.54, 1.807) is 4.90 Å². The van der Waals surface area contributed by atoms with E-state index in [-0.39, 0.29) is 35.7 Å².